The minimum atomic E-state index is -0.911. The summed E-state index contributed by atoms with van der Waals surface area (Å²) in [4.78, 5) is 10.2. The molecule has 1 atom stereocenters. The molecule has 0 aliphatic heterocycles. The molecule has 0 amide bonds. The van der Waals surface area contributed by atoms with Crippen molar-refractivity contribution >= 4 is 5.97 Å². The maximum absolute atomic E-state index is 10.2. The van der Waals surface area contributed by atoms with Gasteiger partial charge in [-0.3, -0.25) is 4.79 Å². The van der Waals surface area contributed by atoms with Gasteiger partial charge in [0.1, 0.15) is 0 Å². The van der Waals surface area contributed by atoms with Crippen LogP contribution < -0.4 is 5.73 Å². The Morgan fingerprint density at radius 2 is 2.08 bits per heavy atom. The van der Waals surface area contributed by atoms with E-state index in [0.29, 0.717) is 0 Å². The van der Waals surface area contributed by atoms with E-state index < -0.39 is 12.0 Å². The van der Waals surface area contributed by atoms with Crippen molar-refractivity contribution in [2.45, 2.75) is 33.2 Å². The first-order chi connectivity index (χ1) is 5.31. The van der Waals surface area contributed by atoms with Gasteiger partial charge in [0.2, 0.25) is 0 Å². The molecule has 3 nitrogen and oxygen atoms in total. The molecule has 0 bridgehead atoms. The fraction of sp³-hybridized carbons (Fsp3) is 0.667. The Hall–Kier alpha value is -1.01. The van der Waals surface area contributed by atoms with Crippen LogP contribution in [0.5, 0.6) is 0 Å². The summed E-state index contributed by atoms with van der Waals surface area (Å²) in [5, 5.41) is 8.37. The fourth-order valence-corrected chi connectivity index (χ4v) is 0.548. The minimum absolute atomic E-state index is 0.0942. The zero-order valence-electron chi connectivity index (χ0n) is 7.72. The Bertz CT molecular complexity index is 217. The van der Waals surface area contributed by atoms with Crippen LogP contribution in [0.4, 0.5) is 0 Å². The van der Waals surface area contributed by atoms with E-state index in [-0.39, 0.29) is 11.8 Å². The number of nitrogens with two attached hydrogens (primary N) is 1. The molecule has 0 unspecified atom stereocenters. The predicted octanol–water partition coefficient (Wildman–Crippen LogP) is 0.838. The Kier molecular flexibility index (Phi) is 3.78. The quantitative estimate of drug-likeness (QED) is 0.602. The van der Waals surface area contributed by atoms with Gasteiger partial charge < -0.3 is 10.8 Å². The molecular weight excluding hydrogens is 154 g/mol. The van der Waals surface area contributed by atoms with E-state index in [9.17, 15) is 4.79 Å². The van der Waals surface area contributed by atoms with Crippen LogP contribution in [0.15, 0.2) is 0 Å². The number of hydrogen-bond acceptors (Lipinski definition) is 2. The topological polar surface area (TPSA) is 63.3 Å². The molecule has 0 aromatic rings. The molecule has 0 radical (unpaired) electrons. The lowest BCUT2D eigenvalue weighted by Gasteiger charge is -2.08. The van der Waals surface area contributed by atoms with E-state index in [1.807, 2.05) is 20.8 Å². The van der Waals surface area contributed by atoms with E-state index in [0.717, 1.165) is 0 Å². The number of carboxylic acids is 1. The molecule has 0 spiro atoms. The second-order valence-electron chi connectivity index (χ2n) is 3.72. The number of aliphatic carboxylic acids is 1. The lowest BCUT2D eigenvalue weighted by atomic mass is 9.97. The zero-order chi connectivity index (χ0) is 9.78. The minimum Gasteiger partial charge on any atom is -0.481 e. The van der Waals surface area contributed by atoms with Crippen molar-refractivity contribution in [2.24, 2.45) is 11.1 Å². The first-order valence-electron chi connectivity index (χ1n) is 3.81. The summed E-state index contributed by atoms with van der Waals surface area (Å²) in [6, 6.07) is -0.554. The van der Waals surface area contributed by atoms with E-state index in [1.165, 1.54) is 0 Å². The molecule has 68 valence electrons. The maximum Gasteiger partial charge on any atom is 0.305 e. The van der Waals surface area contributed by atoms with Crippen molar-refractivity contribution in [3.8, 4) is 11.8 Å². The van der Waals surface area contributed by atoms with Gasteiger partial charge in [-0.25, -0.2) is 0 Å². The third-order valence-corrected chi connectivity index (χ3v) is 1.03. The summed E-state index contributed by atoms with van der Waals surface area (Å²) in [7, 11) is 0. The Morgan fingerprint density at radius 1 is 1.58 bits per heavy atom. The van der Waals surface area contributed by atoms with Gasteiger partial charge in [0.15, 0.2) is 0 Å². The summed E-state index contributed by atoms with van der Waals surface area (Å²) in [6.45, 7) is 5.86. The van der Waals surface area contributed by atoms with E-state index >= 15 is 0 Å². The fourth-order valence-electron chi connectivity index (χ4n) is 0.548. The first-order valence-corrected chi connectivity index (χ1v) is 3.81. The number of carbonyl (C=O) groups is 1. The Balaban J connectivity index is 4.04. The van der Waals surface area contributed by atoms with Crippen molar-refractivity contribution in [3.05, 3.63) is 0 Å². The van der Waals surface area contributed by atoms with E-state index in [4.69, 9.17) is 10.8 Å². The lowest BCUT2D eigenvalue weighted by molar-refractivity contribution is -0.137. The van der Waals surface area contributed by atoms with Gasteiger partial charge in [-0.2, -0.15) is 0 Å². The van der Waals surface area contributed by atoms with Crippen molar-refractivity contribution < 1.29 is 9.90 Å². The number of hydrogen-bond donors (Lipinski definition) is 2. The van der Waals surface area contributed by atoms with Crippen molar-refractivity contribution in [2.75, 3.05) is 0 Å². The number of carboxylic acid groups (broad SMARTS) is 1. The van der Waals surface area contributed by atoms with Gasteiger partial charge in [0.25, 0.3) is 0 Å². The van der Waals surface area contributed by atoms with E-state index in [2.05, 4.69) is 11.8 Å². The molecule has 3 N–H and O–H groups in total. The first kappa shape index (κ1) is 11.0. The number of rotatable bonds is 2. The maximum atomic E-state index is 10.2. The molecule has 0 saturated carbocycles. The standard InChI is InChI=1S/C9H15NO2/c1-9(2,3)5-4-7(10)6-8(11)12/h7H,6,10H2,1-3H3,(H,11,12)/t7-/m1/s1. The van der Waals surface area contributed by atoms with Crippen LogP contribution in [-0.2, 0) is 4.79 Å². The summed E-state index contributed by atoms with van der Waals surface area (Å²) in [6.07, 6.45) is -0.0942. The third-order valence-electron chi connectivity index (χ3n) is 1.03. The average Bonchev–Trinajstić information content (AvgIpc) is 1.80. The van der Waals surface area contributed by atoms with Gasteiger partial charge in [0, 0.05) is 5.41 Å². The summed E-state index contributed by atoms with van der Waals surface area (Å²) < 4.78 is 0. The molecule has 0 aliphatic carbocycles. The summed E-state index contributed by atoms with van der Waals surface area (Å²) in [5.41, 5.74) is 5.31. The smallest absolute Gasteiger partial charge is 0.305 e. The summed E-state index contributed by atoms with van der Waals surface area (Å²) in [5.74, 6) is 4.68. The molecule has 12 heavy (non-hydrogen) atoms. The normalized spacial score (nSPS) is 13.0. The van der Waals surface area contributed by atoms with Crippen LogP contribution in [0.1, 0.15) is 27.2 Å². The molecule has 0 rings (SSSR count). The summed E-state index contributed by atoms with van der Waals surface area (Å²) >= 11 is 0. The molecule has 0 saturated heterocycles. The SMILES string of the molecule is CC(C)(C)C#C[C@@H](N)CC(=O)O. The van der Waals surface area contributed by atoms with Crippen LogP contribution in [-0.4, -0.2) is 17.1 Å². The van der Waals surface area contributed by atoms with Crippen molar-refractivity contribution in [1.82, 2.24) is 0 Å². The van der Waals surface area contributed by atoms with Crippen molar-refractivity contribution in [3.63, 3.8) is 0 Å². The van der Waals surface area contributed by atoms with Gasteiger partial charge in [0.05, 0.1) is 12.5 Å². The molecular formula is C9H15NO2. The predicted molar refractivity (Wildman–Crippen MR) is 47.5 cm³/mol. The van der Waals surface area contributed by atoms with Crippen LogP contribution in [0.25, 0.3) is 0 Å². The molecule has 0 fully saturated rings. The van der Waals surface area contributed by atoms with Crippen LogP contribution >= 0.6 is 0 Å². The Morgan fingerprint density at radius 3 is 2.42 bits per heavy atom. The highest BCUT2D eigenvalue weighted by Gasteiger charge is 2.07. The lowest BCUT2D eigenvalue weighted by Crippen LogP contribution is -2.22. The second-order valence-corrected chi connectivity index (χ2v) is 3.72. The molecule has 0 aromatic carbocycles. The highest BCUT2D eigenvalue weighted by Crippen LogP contribution is 2.09. The third kappa shape index (κ3) is 7.10. The second kappa shape index (κ2) is 4.13. The van der Waals surface area contributed by atoms with Crippen molar-refractivity contribution in [1.29, 1.82) is 0 Å². The van der Waals surface area contributed by atoms with Crippen LogP contribution in [0, 0.1) is 17.3 Å². The largest absolute Gasteiger partial charge is 0.481 e. The molecule has 0 aliphatic rings. The molecule has 0 aromatic heterocycles. The van der Waals surface area contributed by atoms with E-state index in [1.54, 1.807) is 0 Å². The highest BCUT2D eigenvalue weighted by molar-refractivity contribution is 5.68. The Labute approximate surface area is 73.0 Å². The molecule has 3 heteroatoms. The van der Waals surface area contributed by atoms with Gasteiger partial charge in [-0.05, 0) is 20.8 Å². The molecule has 0 heterocycles. The highest BCUT2D eigenvalue weighted by atomic mass is 16.4. The van der Waals surface area contributed by atoms with Gasteiger partial charge >= 0.3 is 5.97 Å². The average molecular weight is 169 g/mol. The van der Waals surface area contributed by atoms with Gasteiger partial charge in [-0.1, -0.05) is 11.8 Å². The van der Waals surface area contributed by atoms with Crippen LogP contribution in [0.3, 0.4) is 0 Å². The zero-order valence-corrected chi connectivity index (χ0v) is 7.72. The monoisotopic (exact) mass is 169 g/mol. The van der Waals surface area contributed by atoms with Gasteiger partial charge in [-0.15, -0.1) is 0 Å². The van der Waals surface area contributed by atoms with Crippen LogP contribution in [0.2, 0.25) is 0 Å².